The fourth-order valence-electron chi connectivity index (χ4n) is 2.40. The number of hydrogen-bond acceptors (Lipinski definition) is 2. The minimum absolute atomic E-state index is 0.232. The number of carbonyl (C=O) groups is 1. The van der Waals surface area contributed by atoms with E-state index in [0.717, 1.165) is 29.7 Å². The van der Waals surface area contributed by atoms with Crippen LogP contribution >= 0.6 is 0 Å². The number of likely N-dealkylation sites (N-methyl/N-ethyl adjacent to an activating group) is 1. The number of rotatable bonds is 5. The molecule has 2 heteroatoms. The molecule has 0 aliphatic rings. The summed E-state index contributed by atoms with van der Waals surface area (Å²) < 4.78 is 0. The van der Waals surface area contributed by atoms with Crippen molar-refractivity contribution in [2.45, 2.75) is 34.1 Å². The highest BCUT2D eigenvalue weighted by Gasteiger charge is 2.14. The molecule has 0 radical (unpaired) electrons. The Morgan fingerprint density at radius 1 is 1.18 bits per heavy atom. The fraction of sp³-hybridized carbons (Fsp3) is 0.533. The number of nitrogens with zero attached hydrogens (tertiary/aromatic N) is 1. The van der Waals surface area contributed by atoms with Crippen molar-refractivity contribution in [2.75, 3.05) is 20.1 Å². The number of Topliss-reactive ketones (excluding diaryl/α,β-unsaturated/α-hetero) is 1. The van der Waals surface area contributed by atoms with E-state index in [9.17, 15) is 4.79 Å². The summed E-state index contributed by atoms with van der Waals surface area (Å²) in [5, 5.41) is 0. The molecule has 0 aliphatic carbocycles. The van der Waals surface area contributed by atoms with Crippen molar-refractivity contribution < 1.29 is 4.79 Å². The lowest BCUT2D eigenvalue weighted by Gasteiger charge is -2.16. The predicted molar refractivity (Wildman–Crippen MR) is 72.8 cm³/mol. The topological polar surface area (TPSA) is 20.3 Å². The molecule has 1 aromatic carbocycles. The fourth-order valence-corrected chi connectivity index (χ4v) is 2.40. The summed E-state index contributed by atoms with van der Waals surface area (Å²) in [6.07, 6.45) is 1.08. The van der Waals surface area contributed by atoms with Crippen molar-refractivity contribution in [2.24, 2.45) is 0 Å². The largest absolute Gasteiger partial charge is 0.299 e. The summed E-state index contributed by atoms with van der Waals surface area (Å²) in [6.45, 7) is 9.72. The van der Waals surface area contributed by atoms with Crippen molar-refractivity contribution in [3.8, 4) is 0 Å². The monoisotopic (exact) mass is 233 g/mol. The molecule has 1 aromatic rings. The Balaban J connectivity index is 2.89. The highest BCUT2D eigenvalue weighted by atomic mass is 16.1. The quantitative estimate of drug-likeness (QED) is 0.728. The predicted octanol–water partition coefficient (Wildman–Crippen LogP) is 3.14. The van der Waals surface area contributed by atoms with Gasteiger partial charge < -0.3 is 0 Å². The molecule has 1 rings (SSSR count). The highest BCUT2D eigenvalue weighted by Crippen LogP contribution is 2.17. The van der Waals surface area contributed by atoms with Crippen molar-refractivity contribution in [3.63, 3.8) is 0 Å². The number of aryl methyl sites for hydroxylation is 3. The Hall–Kier alpha value is -1.15. The molecular weight excluding hydrogens is 210 g/mol. The van der Waals surface area contributed by atoms with E-state index in [1.54, 1.807) is 0 Å². The summed E-state index contributed by atoms with van der Waals surface area (Å²) >= 11 is 0. The third-order valence-electron chi connectivity index (χ3n) is 2.97. The molecule has 94 valence electrons. The lowest BCUT2D eigenvalue weighted by molar-refractivity contribution is 0.0945. The van der Waals surface area contributed by atoms with Crippen molar-refractivity contribution in [1.82, 2.24) is 4.90 Å². The van der Waals surface area contributed by atoms with Crippen molar-refractivity contribution in [1.29, 1.82) is 0 Å². The van der Waals surface area contributed by atoms with Gasteiger partial charge in [-0.3, -0.25) is 9.69 Å². The molecule has 2 nitrogen and oxygen atoms in total. The number of benzene rings is 1. The first-order chi connectivity index (χ1) is 7.95. The molecule has 0 N–H and O–H groups in total. The minimum atomic E-state index is 0.232. The van der Waals surface area contributed by atoms with E-state index in [4.69, 9.17) is 0 Å². The van der Waals surface area contributed by atoms with Gasteiger partial charge in [0.05, 0.1) is 6.54 Å². The van der Waals surface area contributed by atoms with Crippen LogP contribution in [0.1, 0.15) is 40.4 Å². The standard InChI is InChI=1S/C15H23NO/c1-6-7-16(5)10-14(17)15-12(3)8-11(2)9-13(15)4/h8-9H,6-7,10H2,1-5H3. The van der Waals surface area contributed by atoms with E-state index in [0.29, 0.717) is 6.54 Å². The Kier molecular flexibility index (Phi) is 4.88. The zero-order valence-electron chi connectivity index (χ0n) is 11.6. The average molecular weight is 233 g/mol. The molecule has 0 fully saturated rings. The number of hydrogen-bond donors (Lipinski definition) is 0. The van der Waals surface area contributed by atoms with Crippen LogP contribution in [0.4, 0.5) is 0 Å². The maximum absolute atomic E-state index is 12.2. The van der Waals surface area contributed by atoms with Crippen LogP contribution in [0.2, 0.25) is 0 Å². The zero-order valence-corrected chi connectivity index (χ0v) is 11.6. The van der Waals surface area contributed by atoms with Crippen LogP contribution in [-0.2, 0) is 0 Å². The smallest absolute Gasteiger partial charge is 0.177 e. The summed E-state index contributed by atoms with van der Waals surface area (Å²) in [7, 11) is 2.00. The third-order valence-corrected chi connectivity index (χ3v) is 2.97. The SMILES string of the molecule is CCCN(C)CC(=O)c1c(C)cc(C)cc1C. The van der Waals surface area contributed by atoms with E-state index in [2.05, 4.69) is 30.9 Å². The van der Waals surface area contributed by atoms with Crippen molar-refractivity contribution in [3.05, 3.63) is 34.4 Å². The second-order valence-corrected chi connectivity index (χ2v) is 4.93. The van der Waals surface area contributed by atoms with Crippen LogP contribution in [0, 0.1) is 20.8 Å². The normalized spacial score (nSPS) is 10.9. The summed E-state index contributed by atoms with van der Waals surface area (Å²) in [4.78, 5) is 14.3. The molecule has 0 heterocycles. The van der Waals surface area contributed by atoms with E-state index < -0.39 is 0 Å². The van der Waals surface area contributed by atoms with Crippen LogP contribution in [0.3, 0.4) is 0 Å². The lowest BCUT2D eigenvalue weighted by Crippen LogP contribution is -2.27. The molecule has 0 saturated carbocycles. The van der Waals surface area contributed by atoms with Gasteiger partial charge in [-0.2, -0.15) is 0 Å². The summed E-state index contributed by atoms with van der Waals surface area (Å²) in [5.74, 6) is 0.232. The van der Waals surface area contributed by atoms with Gasteiger partial charge in [0.25, 0.3) is 0 Å². The maximum Gasteiger partial charge on any atom is 0.177 e. The average Bonchev–Trinajstić information content (AvgIpc) is 2.15. The highest BCUT2D eigenvalue weighted by molar-refractivity contribution is 6.00. The van der Waals surface area contributed by atoms with Gasteiger partial charge in [-0.25, -0.2) is 0 Å². The molecule has 0 bridgehead atoms. The van der Waals surface area contributed by atoms with E-state index in [-0.39, 0.29) is 5.78 Å². The summed E-state index contributed by atoms with van der Waals surface area (Å²) in [5.41, 5.74) is 4.31. The van der Waals surface area contributed by atoms with Crippen LogP contribution in [0.25, 0.3) is 0 Å². The Morgan fingerprint density at radius 2 is 1.71 bits per heavy atom. The minimum Gasteiger partial charge on any atom is -0.299 e. The summed E-state index contributed by atoms with van der Waals surface area (Å²) in [6, 6.07) is 4.17. The molecule has 0 spiro atoms. The first kappa shape index (κ1) is 13.9. The number of carbonyl (C=O) groups excluding carboxylic acids is 1. The van der Waals surface area contributed by atoms with Gasteiger partial charge in [-0.1, -0.05) is 24.6 Å². The molecule has 17 heavy (non-hydrogen) atoms. The zero-order chi connectivity index (χ0) is 13.0. The second kappa shape index (κ2) is 5.97. The van der Waals surface area contributed by atoms with Crippen LogP contribution < -0.4 is 0 Å². The van der Waals surface area contributed by atoms with Gasteiger partial charge in [0, 0.05) is 5.56 Å². The van der Waals surface area contributed by atoms with Gasteiger partial charge in [0.2, 0.25) is 0 Å². The van der Waals surface area contributed by atoms with Gasteiger partial charge in [-0.05, 0) is 51.9 Å². The van der Waals surface area contributed by atoms with Gasteiger partial charge in [0.15, 0.2) is 5.78 Å². The Morgan fingerprint density at radius 3 is 2.18 bits per heavy atom. The third kappa shape index (κ3) is 3.67. The number of ketones is 1. The van der Waals surface area contributed by atoms with Crippen molar-refractivity contribution >= 4 is 5.78 Å². The van der Waals surface area contributed by atoms with E-state index in [1.165, 1.54) is 5.56 Å². The van der Waals surface area contributed by atoms with Gasteiger partial charge in [0.1, 0.15) is 0 Å². The first-order valence-corrected chi connectivity index (χ1v) is 6.25. The lowest BCUT2D eigenvalue weighted by atomic mass is 9.96. The molecule has 0 aromatic heterocycles. The van der Waals surface area contributed by atoms with Crippen LogP contribution in [-0.4, -0.2) is 30.8 Å². The maximum atomic E-state index is 12.2. The van der Waals surface area contributed by atoms with Gasteiger partial charge in [-0.15, -0.1) is 0 Å². The Labute approximate surface area is 105 Å². The molecule has 0 amide bonds. The van der Waals surface area contributed by atoms with Crippen LogP contribution in [0.5, 0.6) is 0 Å². The molecule has 0 aliphatic heterocycles. The van der Waals surface area contributed by atoms with E-state index >= 15 is 0 Å². The Bertz CT molecular complexity index is 386. The molecule has 0 atom stereocenters. The van der Waals surface area contributed by atoms with Crippen LogP contribution in [0.15, 0.2) is 12.1 Å². The van der Waals surface area contributed by atoms with E-state index in [1.807, 2.05) is 20.9 Å². The first-order valence-electron chi connectivity index (χ1n) is 6.25. The second-order valence-electron chi connectivity index (χ2n) is 4.93. The molecular formula is C15H23NO. The van der Waals surface area contributed by atoms with Gasteiger partial charge >= 0.3 is 0 Å². The molecule has 0 unspecified atom stereocenters. The molecule has 0 saturated heterocycles.